The molecule has 0 aliphatic heterocycles. The average Bonchev–Trinajstić information content (AvgIpc) is 2.44. The molecule has 0 nitrogen and oxygen atoms in total. The molecule has 0 aromatic heterocycles. The van der Waals surface area contributed by atoms with Gasteiger partial charge in [-0.3, -0.25) is 0 Å². The van der Waals surface area contributed by atoms with E-state index in [0.717, 1.165) is 22.6 Å². The largest absolute Gasteiger partial charge is 0.205 e. The van der Waals surface area contributed by atoms with Gasteiger partial charge in [-0.2, -0.15) is 0 Å². The van der Waals surface area contributed by atoms with E-state index in [2.05, 4.69) is 32.9 Å². The zero-order chi connectivity index (χ0) is 16.4. The Morgan fingerprint density at radius 1 is 1.00 bits per heavy atom. The molecule has 3 heteroatoms. The summed E-state index contributed by atoms with van der Waals surface area (Å²) in [5.74, 6) is 0.104. The van der Waals surface area contributed by atoms with Gasteiger partial charge in [0.15, 0.2) is 0 Å². The van der Waals surface area contributed by atoms with E-state index in [4.69, 9.17) is 23.2 Å². The third-order valence-corrected chi connectivity index (χ3v) is 4.94. The molecule has 0 saturated heterocycles. The number of rotatable bonds is 4. The standard InChI is InChI=1S/C19H21Cl2F/c1-11(2)17-12(3)8-9-14(18(17)20)10-13(4)15-6-5-7-16(22)19(15)21/h5-9,11,13H,10H2,1-4H3. The maximum atomic E-state index is 13.6. The summed E-state index contributed by atoms with van der Waals surface area (Å²) in [5, 5.41) is 1.04. The molecule has 0 fully saturated rings. The van der Waals surface area contributed by atoms with Gasteiger partial charge in [0.05, 0.1) is 5.02 Å². The smallest absolute Gasteiger partial charge is 0.142 e. The minimum absolute atomic E-state index is 0.100. The van der Waals surface area contributed by atoms with E-state index in [1.54, 1.807) is 6.07 Å². The van der Waals surface area contributed by atoms with Crippen LogP contribution >= 0.6 is 23.2 Å². The van der Waals surface area contributed by atoms with Gasteiger partial charge in [-0.15, -0.1) is 0 Å². The molecule has 0 amide bonds. The Morgan fingerprint density at radius 3 is 2.32 bits per heavy atom. The summed E-state index contributed by atoms with van der Waals surface area (Å²) in [7, 11) is 0. The van der Waals surface area contributed by atoms with E-state index in [-0.39, 0.29) is 16.8 Å². The lowest BCUT2D eigenvalue weighted by atomic mass is 9.89. The first kappa shape index (κ1) is 17.3. The Balaban J connectivity index is 2.35. The molecule has 0 N–H and O–H groups in total. The summed E-state index contributed by atoms with van der Waals surface area (Å²) in [5.41, 5.74) is 4.31. The monoisotopic (exact) mass is 338 g/mol. The molecule has 0 aliphatic carbocycles. The van der Waals surface area contributed by atoms with Crippen LogP contribution in [0.15, 0.2) is 30.3 Å². The predicted molar refractivity (Wildman–Crippen MR) is 93.8 cm³/mol. The van der Waals surface area contributed by atoms with Crippen molar-refractivity contribution in [3.05, 3.63) is 68.4 Å². The highest BCUT2D eigenvalue weighted by atomic mass is 35.5. The van der Waals surface area contributed by atoms with Crippen LogP contribution in [0.3, 0.4) is 0 Å². The van der Waals surface area contributed by atoms with Crippen LogP contribution < -0.4 is 0 Å². The van der Waals surface area contributed by atoms with E-state index in [0.29, 0.717) is 5.92 Å². The van der Waals surface area contributed by atoms with Crippen molar-refractivity contribution in [2.24, 2.45) is 0 Å². The van der Waals surface area contributed by atoms with Crippen molar-refractivity contribution < 1.29 is 4.39 Å². The van der Waals surface area contributed by atoms with Gasteiger partial charge < -0.3 is 0 Å². The Kier molecular flexibility index (Phi) is 5.52. The van der Waals surface area contributed by atoms with E-state index < -0.39 is 0 Å². The van der Waals surface area contributed by atoms with Gasteiger partial charge in [-0.1, -0.05) is 68.2 Å². The summed E-state index contributed by atoms with van der Waals surface area (Å²) >= 11 is 12.7. The molecule has 2 rings (SSSR count). The maximum absolute atomic E-state index is 13.6. The lowest BCUT2D eigenvalue weighted by molar-refractivity contribution is 0.621. The molecule has 2 aromatic carbocycles. The SMILES string of the molecule is Cc1ccc(CC(C)c2cccc(F)c2Cl)c(Cl)c1C(C)C. The zero-order valence-electron chi connectivity index (χ0n) is 13.4. The van der Waals surface area contributed by atoms with Crippen LogP contribution in [0.1, 0.15) is 54.9 Å². The lowest BCUT2D eigenvalue weighted by Gasteiger charge is -2.19. The number of hydrogen-bond acceptors (Lipinski definition) is 0. The van der Waals surface area contributed by atoms with Crippen molar-refractivity contribution >= 4 is 23.2 Å². The first-order valence-corrected chi connectivity index (χ1v) is 8.30. The minimum atomic E-state index is -0.371. The molecule has 0 bridgehead atoms. The van der Waals surface area contributed by atoms with Crippen molar-refractivity contribution in [1.29, 1.82) is 0 Å². The predicted octanol–water partition coefficient (Wildman–Crippen LogP) is 6.91. The normalized spacial score (nSPS) is 12.7. The molecule has 0 saturated carbocycles. The van der Waals surface area contributed by atoms with Crippen LogP contribution in [-0.2, 0) is 6.42 Å². The third-order valence-electron chi connectivity index (χ3n) is 4.09. The van der Waals surface area contributed by atoms with E-state index in [1.165, 1.54) is 17.2 Å². The molecule has 22 heavy (non-hydrogen) atoms. The van der Waals surface area contributed by atoms with Gasteiger partial charge in [-0.05, 0) is 53.5 Å². The van der Waals surface area contributed by atoms with E-state index in [1.807, 2.05) is 13.0 Å². The fraction of sp³-hybridized carbons (Fsp3) is 0.368. The quantitative estimate of drug-likeness (QED) is 0.568. The molecule has 1 atom stereocenters. The van der Waals surface area contributed by atoms with Crippen LogP contribution in [0, 0.1) is 12.7 Å². The highest BCUT2D eigenvalue weighted by Crippen LogP contribution is 2.35. The number of halogens is 3. The Morgan fingerprint density at radius 2 is 1.68 bits per heavy atom. The third kappa shape index (κ3) is 3.47. The van der Waals surface area contributed by atoms with Gasteiger partial charge >= 0.3 is 0 Å². The van der Waals surface area contributed by atoms with Crippen LogP contribution in [0.2, 0.25) is 10.0 Å². The molecule has 1 unspecified atom stereocenters. The van der Waals surface area contributed by atoms with Crippen LogP contribution in [0.4, 0.5) is 4.39 Å². The summed E-state index contributed by atoms with van der Waals surface area (Å²) < 4.78 is 13.6. The fourth-order valence-corrected chi connectivity index (χ4v) is 3.76. The molecule has 0 aliphatic rings. The van der Waals surface area contributed by atoms with Crippen LogP contribution in [-0.4, -0.2) is 0 Å². The molecule has 0 spiro atoms. The fourth-order valence-electron chi connectivity index (χ4n) is 2.94. The molecule has 0 radical (unpaired) electrons. The first-order chi connectivity index (χ1) is 10.3. The second kappa shape index (κ2) is 7.02. The van der Waals surface area contributed by atoms with Gasteiger partial charge in [0.2, 0.25) is 0 Å². The van der Waals surface area contributed by atoms with Crippen LogP contribution in [0.5, 0.6) is 0 Å². The Bertz CT molecular complexity index is 677. The topological polar surface area (TPSA) is 0 Å². The molecule has 0 heterocycles. The van der Waals surface area contributed by atoms with Crippen molar-refractivity contribution in [2.45, 2.75) is 46.0 Å². The van der Waals surface area contributed by atoms with Gasteiger partial charge in [0.25, 0.3) is 0 Å². The summed E-state index contributed by atoms with van der Waals surface area (Å²) in [6, 6.07) is 9.13. The highest BCUT2D eigenvalue weighted by Gasteiger charge is 2.17. The number of hydrogen-bond donors (Lipinski definition) is 0. The lowest BCUT2D eigenvalue weighted by Crippen LogP contribution is -2.04. The van der Waals surface area contributed by atoms with Gasteiger partial charge in [-0.25, -0.2) is 4.39 Å². The first-order valence-electron chi connectivity index (χ1n) is 7.54. The minimum Gasteiger partial charge on any atom is -0.205 e. The van der Waals surface area contributed by atoms with Crippen molar-refractivity contribution in [2.75, 3.05) is 0 Å². The van der Waals surface area contributed by atoms with Crippen molar-refractivity contribution in [3.8, 4) is 0 Å². The number of aryl methyl sites for hydroxylation is 1. The van der Waals surface area contributed by atoms with Crippen LogP contribution in [0.25, 0.3) is 0 Å². The maximum Gasteiger partial charge on any atom is 0.142 e. The number of benzene rings is 2. The van der Waals surface area contributed by atoms with Gasteiger partial charge in [0, 0.05) is 5.02 Å². The second-order valence-corrected chi connectivity index (χ2v) is 6.93. The molecule has 2 aromatic rings. The molecular weight excluding hydrogens is 318 g/mol. The van der Waals surface area contributed by atoms with E-state index in [9.17, 15) is 4.39 Å². The average molecular weight is 339 g/mol. The molecular formula is C19H21Cl2F. The Labute approximate surface area is 142 Å². The van der Waals surface area contributed by atoms with Gasteiger partial charge in [0.1, 0.15) is 5.82 Å². The summed E-state index contributed by atoms with van der Waals surface area (Å²) in [6.07, 6.45) is 0.738. The Hall–Kier alpha value is -1.05. The highest BCUT2D eigenvalue weighted by molar-refractivity contribution is 6.32. The van der Waals surface area contributed by atoms with Crippen molar-refractivity contribution in [1.82, 2.24) is 0 Å². The van der Waals surface area contributed by atoms with Crippen molar-refractivity contribution in [3.63, 3.8) is 0 Å². The zero-order valence-corrected chi connectivity index (χ0v) is 14.9. The second-order valence-electron chi connectivity index (χ2n) is 6.17. The van der Waals surface area contributed by atoms with E-state index >= 15 is 0 Å². The summed E-state index contributed by atoms with van der Waals surface area (Å²) in [6.45, 7) is 8.42. The molecule has 118 valence electrons. The summed E-state index contributed by atoms with van der Waals surface area (Å²) in [4.78, 5) is 0.